The second-order valence-electron chi connectivity index (χ2n) is 7.13. The largest absolute Gasteiger partial charge is 0.345 e. The molecule has 1 amide bonds. The van der Waals surface area contributed by atoms with Gasteiger partial charge in [-0.25, -0.2) is 0 Å². The van der Waals surface area contributed by atoms with Crippen molar-refractivity contribution in [3.05, 3.63) is 78.0 Å². The Hall–Kier alpha value is -3.05. The van der Waals surface area contributed by atoms with Gasteiger partial charge in [0.1, 0.15) is 0 Å². The lowest BCUT2D eigenvalue weighted by molar-refractivity contribution is -0.121. The lowest BCUT2D eigenvalue weighted by Gasteiger charge is -2.21. The molecule has 5 nitrogen and oxygen atoms in total. The standard InChI is InChI=1S/C23H23N3O2/c27-22(20-11-6-13-24-20)15-21(16-7-2-1-3-8-16)26-23(28)18-12-14-25-19-10-5-4-9-17(18)19/h1-5,7-10,12,14,20-21,24H,6,11,13,15H2,(H,26,28)/t20-,21?/m0/s1. The summed E-state index contributed by atoms with van der Waals surface area (Å²) >= 11 is 0. The molecule has 1 aromatic heterocycles. The zero-order valence-corrected chi connectivity index (χ0v) is 15.6. The second-order valence-corrected chi connectivity index (χ2v) is 7.13. The van der Waals surface area contributed by atoms with Gasteiger partial charge in [0, 0.05) is 18.0 Å². The molecule has 0 aliphatic carbocycles. The van der Waals surface area contributed by atoms with Crippen LogP contribution in [0.4, 0.5) is 0 Å². The van der Waals surface area contributed by atoms with Crippen LogP contribution in [-0.2, 0) is 4.79 Å². The topological polar surface area (TPSA) is 71.1 Å². The highest BCUT2D eigenvalue weighted by Gasteiger charge is 2.26. The lowest BCUT2D eigenvalue weighted by Crippen LogP contribution is -2.36. The average molecular weight is 373 g/mol. The van der Waals surface area contributed by atoms with E-state index in [1.165, 1.54) is 0 Å². The number of amides is 1. The molecule has 28 heavy (non-hydrogen) atoms. The Kier molecular flexibility index (Phi) is 5.44. The summed E-state index contributed by atoms with van der Waals surface area (Å²) in [6.07, 6.45) is 3.80. The van der Waals surface area contributed by atoms with Gasteiger partial charge in [-0.1, -0.05) is 48.5 Å². The Morgan fingerprint density at radius 2 is 1.86 bits per heavy atom. The molecule has 2 aromatic carbocycles. The van der Waals surface area contributed by atoms with Crippen LogP contribution < -0.4 is 10.6 Å². The molecule has 4 rings (SSSR count). The highest BCUT2D eigenvalue weighted by molar-refractivity contribution is 6.06. The van der Waals surface area contributed by atoms with Crippen LogP contribution in [0.3, 0.4) is 0 Å². The summed E-state index contributed by atoms with van der Waals surface area (Å²) in [6, 6.07) is 18.5. The zero-order valence-electron chi connectivity index (χ0n) is 15.6. The number of pyridine rings is 1. The Morgan fingerprint density at radius 1 is 1.07 bits per heavy atom. The Labute approximate surface area is 164 Å². The molecule has 1 aliphatic heterocycles. The number of aromatic nitrogens is 1. The third kappa shape index (κ3) is 3.94. The van der Waals surface area contributed by atoms with E-state index < -0.39 is 0 Å². The van der Waals surface area contributed by atoms with E-state index in [4.69, 9.17) is 0 Å². The number of hydrogen-bond acceptors (Lipinski definition) is 4. The van der Waals surface area contributed by atoms with Crippen LogP contribution in [0.1, 0.15) is 41.2 Å². The van der Waals surface area contributed by atoms with Gasteiger partial charge < -0.3 is 10.6 Å². The summed E-state index contributed by atoms with van der Waals surface area (Å²) in [6.45, 7) is 0.877. The van der Waals surface area contributed by atoms with Gasteiger partial charge in [-0.3, -0.25) is 14.6 Å². The fourth-order valence-corrected chi connectivity index (χ4v) is 3.77. The SMILES string of the molecule is O=C(NC(CC(=O)[C@@H]1CCCN1)c1ccccc1)c1ccnc2ccccc12. The smallest absolute Gasteiger partial charge is 0.252 e. The van der Waals surface area contributed by atoms with Crippen LogP contribution in [0, 0.1) is 0 Å². The molecule has 1 unspecified atom stereocenters. The number of carbonyl (C=O) groups is 2. The van der Waals surface area contributed by atoms with Crippen LogP contribution in [0.25, 0.3) is 10.9 Å². The predicted molar refractivity (Wildman–Crippen MR) is 109 cm³/mol. The first-order valence-electron chi connectivity index (χ1n) is 9.68. The second kappa shape index (κ2) is 8.31. The normalized spacial score (nSPS) is 17.4. The number of hydrogen-bond donors (Lipinski definition) is 2. The molecule has 0 saturated carbocycles. The van der Waals surface area contributed by atoms with Gasteiger partial charge >= 0.3 is 0 Å². The lowest BCUT2D eigenvalue weighted by atomic mass is 9.97. The fraction of sp³-hybridized carbons (Fsp3) is 0.261. The predicted octanol–water partition coefficient (Wildman–Crippen LogP) is 3.42. The summed E-state index contributed by atoms with van der Waals surface area (Å²) in [5.74, 6) is -0.0501. The maximum Gasteiger partial charge on any atom is 0.252 e. The summed E-state index contributed by atoms with van der Waals surface area (Å²) in [5, 5.41) is 7.14. The molecule has 1 fully saturated rings. The van der Waals surface area contributed by atoms with E-state index in [1.807, 2.05) is 54.6 Å². The van der Waals surface area contributed by atoms with E-state index in [-0.39, 0.29) is 30.2 Å². The number of carbonyl (C=O) groups excluding carboxylic acids is 2. The number of rotatable bonds is 6. The van der Waals surface area contributed by atoms with Crippen LogP contribution in [0.2, 0.25) is 0 Å². The van der Waals surface area contributed by atoms with Crippen molar-refractivity contribution in [1.29, 1.82) is 0 Å². The first-order chi connectivity index (χ1) is 13.7. The summed E-state index contributed by atoms with van der Waals surface area (Å²) < 4.78 is 0. The summed E-state index contributed by atoms with van der Waals surface area (Å²) in [7, 11) is 0. The van der Waals surface area contributed by atoms with Crippen molar-refractivity contribution in [2.24, 2.45) is 0 Å². The number of Topliss-reactive ketones (excluding diaryl/α,β-unsaturated/α-hetero) is 1. The van der Waals surface area contributed by atoms with Crippen molar-refractivity contribution in [3.63, 3.8) is 0 Å². The van der Waals surface area contributed by atoms with E-state index in [0.717, 1.165) is 35.9 Å². The maximum atomic E-state index is 13.1. The maximum absolute atomic E-state index is 13.1. The highest BCUT2D eigenvalue weighted by atomic mass is 16.2. The number of nitrogens with one attached hydrogen (secondary N) is 2. The third-order valence-electron chi connectivity index (χ3n) is 5.26. The quantitative estimate of drug-likeness (QED) is 0.695. The van der Waals surface area contributed by atoms with Gasteiger partial charge in [0.15, 0.2) is 5.78 Å². The molecule has 0 radical (unpaired) electrons. The average Bonchev–Trinajstić information content (AvgIpc) is 3.28. The molecule has 2 heterocycles. The molecule has 1 aliphatic rings. The van der Waals surface area contributed by atoms with E-state index in [1.54, 1.807) is 12.3 Å². The minimum atomic E-state index is -0.365. The first-order valence-corrected chi connectivity index (χ1v) is 9.68. The number of para-hydroxylation sites is 1. The van der Waals surface area contributed by atoms with Crippen molar-refractivity contribution >= 4 is 22.6 Å². The highest BCUT2D eigenvalue weighted by Crippen LogP contribution is 2.22. The molecule has 0 spiro atoms. The molecule has 1 saturated heterocycles. The minimum Gasteiger partial charge on any atom is -0.345 e. The Morgan fingerprint density at radius 3 is 2.64 bits per heavy atom. The third-order valence-corrected chi connectivity index (χ3v) is 5.26. The first kappa shape index (κ1) is 18.3. The molecule has 142 valence electrons. The fourth-order valence-electron chi connectivity index (χ4n) is 3.77. The number of benzene rings is 2. The van der Waals surface area contributed by atoms with Crippen LogP contribution in [0.5, 0.6) is 0 Å². The number of ketones is 1. The van der Waals surface area contributed by atoms with Gasteiger partial charge in [-0.05, 0) is 37.1 Å². The van der Waals surface area contributed by atoms with E-state index in [0.29, 0.717) is 5.56 Å². The molecule has 0 bridgehead atoms. The molecular formula is C23H23N3O2. The summed E-state index contributed by atoms with van der Waals surface area (Å²) in [5.41, 5.74) is 2.27. The molecule has 3 aromatic rings. The van der Waals surface area contributed by atoms with Crippen molar-refractivity contribution in [3.8, 4) is 0 Å². The zero-order chi connectivity index (χ0) is 19.3. The van der Waals surface area contributed by atoms with Crippen molar-refractivity contribution in [1.82, 2.24) is 15.6 Å². The van der Waals surface area contributed by atoms with E-state index >= 15 is 0 Å². The van der Waals surface area contributed by atoms with Gasteiger partial charge in [-0.2, -0.15) is 0 Å². The molecule has 2 N–H and O–H groups in total. The van der Waals surface area contributed by atoms with E-state index in [9.17, 15) is 9.59 Å². The molecular weight excluding hydrogens is 350 g/mol. The van der Waals surface area contributed by atoms with Crippen molar-refractivity contribution in [2.75, 3.05) is 6.54 Å². The van der Waals surface area contributed by atoms with Crippen LogP contribution >= 0.6 is 0 Å². The van der Waals surface area contributed by atoms with Gasteiger partial charge in [0.25, 0.3) is 5.91 Å². The summed E-state index contributed by atoms with van der Waals surface area (Å²) in [4.78, 5) is 30.1. The number of fused-ring (bicyclic) bond motifs is 1. The minimum absolute atomic E-state index is 0.107. The van der Waals surface area contributed by atoms with Gasteiger partial charge in [0.2, 0.25) is 0 Å². The van der Waals surface area contributed by atoms with Gasteiger partial charge in [0.05, 0.1) is 23.2 Å². The molecule has 2 atom stereocenters. The molecule has 5 heteroatoms. The van der Waals surface area contributed by atoms with Gasteiger partial charge in [-0.15, -0.1) is 0 Å². The number of nitrogens with zero attached hydrogens (tertiary/aromatic N) is 1. The van der Waals surface area contributed by atoms with Crippen LogP contribution in [0.15, 0.2) is 66.9 Å². The van der Waals surface area contributed by atoms with E-state index in [2.05, 4.69) is 15.6 Å². The van der Waals surface area contributed by atoms with Crippen molar-refractivity contribution < 1.29 is 9.59 Å². The van der Waals surface area contributed by atoms with Crippen molar-refractivity contribution in [2.45, 2.75) is 31.3 Å². The monoisotopic (exact) mass is 373 g/mol. The van der Waals surface area contributed by atoms with Crippen LogP contribution in [-0.4, -0.2) is 29.3 Å². The Bertz CT molecular complexity index is 976. The Balaban J connectivity index is 1.59.